The average Bonchev–Trinajstić information content (AvgIpc) is 3.62. The van der Waals surface area contributed by atoms with Gasteiger partial charge in [0.25, 0.3) is 0 Å². The Bertz CT molecular complexity index is 2770. The summed E-state index contributed by atoms with van der Waals surface area (Å²) in [7, 11) is 0. The zero-order chi connectivity index (χ0) is 30.2. The van der Waals surface area contributed by atoms with Crippen molar-refractivity contribution in [3.05, 3.63) is 164 Å². The molecule has 7 aromatic carbocycles. The molecule has 0 spiro atoms. The second kappa shape index (κ2) is 9.65. The smallest absolute Gasteiger partial charge is 0.0547 e. The van der Waals surface area contributed by atoms with E-state index in [0.717, 1.165) is 16.9 Å². The molecule has 0 saturated carbocycles. The molecule has 0 aliphatic rings. The van der Waals surface area contributed by atoms with Crippen molar-refractivity contribution in [3.63, 3.8) is 0 Å². The Hall–Kier alpha value is -6.19. The summed E-state index contributed by atoms with van der Waals surface area (Å²) < 4.78 is 4.81. The van der Waals surface area contributed by atoms with E-state index in [2.05, 4.69) is 160 Å². The monoisotopic (exact) mass is 585 g/mol. The minimum absolute atomic E-state index is 1.11. The molecule has 0 radical (unpaired) electrons. The van der Waals surface area contributed by atoms with E-state index in [1.807, 2.05) is 18.5 Å². The topological polar surface area (TPSA) is 22.8 Å². The van der Waals surface area contributed by atoms with Gasteiger partial charge in [0.05, 0.1) is 22.1 Å². The quantitative estimate of drug-likeness (QED) is 0.189. The van der Waals surface area contributed by atoms with Gasteiger partial charge < -0.3 is 9.13 Å². The first-order chi connectivity index (χ1) is 22.8. The van der Waals surface area contributed by atoms with Crippen LogP contribution in [0.5, 0.6) is 0 Å². The molecule has 3 nitrogen and oxygen atoms in total. The SMILES string of the molecule is c1ccc(-n2c3ccccc3c3cc4c(cc32)c(-c2cccnc2)cc2cc3c5ccccc5n(-c5ccccc5)c3cc24)cc1. The Morgan fingerprint density at radius 1 is 0.370 bits per heavy atom. The molecule has 0 aliphatic carbocycles. The van der Waals surface area contributed by atoms with E-state index in [1.54, 1.807) is 0 Å². The van der Waals surface area contributed by atoms with Gasteiger partial charge in [0.15, 0.2) is 0 Å². The number of pyridine rings is 1. The van der Waals surface area contributed by atoms with E-state index in [-0.39, 0.29) is 0 Å². The number of aromatic nitrogens is 3. The molecule has 0 N–H and O–H groups in total. The van der Waals surface area contributed by atoms with Crippen LogP contribution in [0.3, 0.4) is 0 Å². The highest BCUT2D eigenvalue weighted by atomic mass is 15.0. The van der Waals surface area contributed by atoms with E-state index < -0.39 is 0 Å². The van der Waals surface area contributed by atoms with Crippen LogP contribution in [0, 0.1) is 0 Å². The first-order valence-corrected chi connectivity index (χ1v) is 15.7. The summed E-state index contributed by atoms with van der Waals surface area (Å²) in [5, 5.41) is 9.94. The van der Waals surface area contributed by atoms with E-state index in [9.17, 15) is 0 Å². The van der Waals surface area contributed by atoms with Gasteiger partial charge in [-0.25, -0.2) is 0 Å². The number of hydrogen-bond donors (Lipinski definition) is 0. The van der Waals surface area contributed by atoms with E-state index in [0.29, 0.717) is 0 Å². The van der Waals surface area contributed by atoms with Crippen LogP contribution in [0.1, 0.15) is 0 Å². The highest BCUT2D eigenvalue weighted by molar-refractivity contribution is 6.24. The Balaban J connectivity index is 1.41. The highest BCUT2D eigenvalue weighted by Gasteiger charge is 2.19. The lowest BCUT2D eigenvalue weighted by molar-refractivity contribution is 1.18. The van der Waals surface area contributed by atoms with Crippen molar-refractivity contribution < 1.29 is 0 Å². The van der Waals surface area contributed by atoms with Crippen molar-refractivity contribution in [3.8, 4) is 22.5 Å². The standard InChI is InChI=1S/C43H27N3/c1-3-13-30(14-4-1)45-40-19-9-7-17-32(40)38-23-29-22-34(28-12-11-21-44-27-28)37-26-43-39(24-36(37)35(29)25-42(38)45)33-18-8-10-20-41(33)46(43)31-15-5-2-6-16-31/h1-27H. The van der Waals surface area contributed by atoms with Gasteiger partial charge in [-0.05, 0) is 99.9 Å². The maximum atomic E-state index is 4.53. The molecule has 46 heavy (non-hydrogen) atoms. The van der Waals surface area contributed by atoms with E-state index in [1.165, 1.54) is 70.7 Å². The third kappa shape index (κ3) is 3.57. The summed E-state index contributed by atoms with van der Waals surface area (Å²) in [5.41, 5.74) is 9.45. The Morgan fingerprint density at radius 2 is 0.935 bits per heavy atom. The van der Waals surface area contributed by atoms with Crippen LogP contribution < -0.4 is 0 Å². The van der Waals surface area contributed by atoms with Crippen LogP contribution in [-0.4, -0.2) is 14.1 Å². The molecular formula is C43H27N3. The third-order valence-corrected chi connectivity index (χ3v) is 9.54. The molecule has 0 amide bonds. The molecule has 3 aromatic heterocycles. The van der Waals surface area contributed by atoms with Crippen LogP contribution in [-0.2, 0) is 0 Å². The fourth-order valence-electron chi connectivity index (χ4n) is 7.55. The summed E-state index contributed by atoms with van der Waals surface area (Å²) in [5.74, 6) is 0. The van der Waals surface area contributed by atoms with Crippen LogP contribution in [0.25, 0.3) is 87.7 Å². The minimum atomic E-state index is 1.11. The summed E-state index contributed by atoms with van der Waals surface area (Å²) in [6.45, 7) is 0. The molecular weight excluding hydrogens is 558 g/mol. The number of nitrogens with zero attached hydrogens (tertiary/aromatic N) is 3. The number of benzene rings is 7. The first-order valence-electron chi connectivity index (χ1n) is 15.7. The highest BCUT2D eigenvalue weighted by Crippen LogP contribution is 2.43. The van der Waals surface area contributed by atoms with Crippen molar-refractivity contribution in [2.24, 2.45) is 0 Å². The van der Waals surface area contributed by atoms with Gasteiger partial charge in [0.2, 0.25) is 0 Å². The summed E-state index contributed by atoms with van der Waals surface area (Å²) in [4.78, 5) is 4.53. The van der Waals surface area contributed by atoms with E-state index in [4.69, 9.17) is 0 Å². The summed E-state index contributed by atoms with van der Waals surface area (Å²) in [6.07, 6.45) is 3.83. The lowest BCUT2D eigenvalue weighted by Crippen LogP contribution is -1.94. The fraction of sp³-hybridized carbons (Fsp3) is 0. The third-order valence-electron chi connectivity index (χ3n) is 9.54. The number of fused-ring (bicyclic) bond motifs is 9. The van der Waals surface area contributed by atoms with E-state index >= 15 is 0 Å². The molecule has 0 atom stereocenters. The Labute approximate surface area is 265 Å². The zero-order valence-corrected chi connectivity index (χ0v) is 24.9. The largest absolute Gasteiger partial charge is 0.309 e. The molecule has 0 saturated heterocycles. The van der Waals surface area contributed by atoms with Crippen molar-refractivity contribution in [2.45, 2.75) is 0 Å². The molecule has 10 rings (SSSR count). The molecule has 0 fully saturated rings. The van der Waals surface area contributed by atoms with Crippen LogP contribution >= 0.6 is 0 Å². The molecule has 214 valence electrons. The van der Waals surface area contributed by atoms with Crippen molar-refractivity contribution in [1.29, 1.82) is 0 Å². The van der Waals surface area contributed by atoms with Gasteiger partial charge in [-0.2, -0.15) is 0 Å². The summed E-state index contributed by atoms with van der Waals surface area (Å²) >= 11 is 0. The number of hydrogen-bond acceptors (Lipinski definition) is 1. The van der Waals surface area contributed by atoms with Gasteiger partial charge >= 0.3 is 0 Å². The maximum absolute atomic E-state index is 4.53. The van der Waals surface area contributed by atoms with Gasteiger partial charge in [-0.3, -0.25) is 4.98 Å². The molecule has 3 heteroatoms. The molecule has 3 heterocycles. The van der Waals surface area contributed by atoms with Gasteiger partial charge in [-0.1, -0.05) is 78.9 Å². The zero-order valence-electron chi connectivity index (χ0n) is 24.9. The normalized spacial score (nSPS) is 11.9. The molecule has 0 bridgehead atoms. The predicted molar refractivity (Wildman–Crippen MR) is 193 cm³/mol. The second-order valence-electron chi connectivity index (χ2n) is 12.0. The lowest BCUT2D eigenvalue weighted by atomic mass is 9.92. The lowest BCUT2D eigenvalue weighted by Gasteiger charge is -2.14. The minimum Gasteiger partial charge on any atom is -0.309 e. The van der Waals surface area contributed by atoms with Crippen molar-refractivity contribution >= 4 is 65.2 Å². The Kier molecular flexibility index (Phi) is 5.28. The maximum Gasteiger partial charge on any atom is 0.0547 e. The number of para-hydroxylation sites is 4. The predicted octanol–water partition coefficient (Wildman–Crippen LogP) is 11.2. The summed E-state index contributed by atoms with van der Waals surface area (Å²) in [6, 6.07) is 55.1. The number of rotatable bonds is 3. The van der Waals surface area contributed by atoms with Crippen molar-refractivity contribution in [1.82, 2.24) is 14.1 Å². The van der Waals surface area contributed by atoms with Crippen LogP contribution in [0.2, 0.25) is 0 Å². The van der Waals surface area contributed by atoms with Crippen LogP contribution in [0.4, 0.5) is 0 Å². The first kappa shape index (κ1) is 25.2. The van der Waals surface area contributed by atoms with Gasteiger partial charge in [0.1, 0.15) is 0 Å². The van der Waals surface area contributed by atoms with Gasteiger partial charge in [-0.15, -0.1) is 0 Å². The Morgan fingerprint density at radius 3 is 1.54 bits per heavy atom. The average molecular weight is 586 g/mol. The fourth-order valence-corrected chi connectivity index (χ4v) is 7.55. The second-order valence-corrected chi connectivity index (χ2v) is 12.0. The van der Waals surface area contributed by atoms with Crippen LogP contribution in [0.15, 0.2) is 164 Å². The molecule has 0 unspecified atom stereocenters. The molecule has 10 aromatic rings. The van der Waals surface area contributed by atoms with Gasteiger partial charge in [0, 0.05) is 50.9 Å². The molecule has 0 aliphatic heterocycles. The van der Waals surface area contributed by atoms with Crippen molar-refractivity contribution in [2.75, 3.05) is 0 Å².